The standard InChI is InChI=1S/C10H12O4S/c1-14-10(11)9-5-3-4-8(6-9)7-15(2,12)13/h3-6H,7H2,1-2H3. The van der Waals surface area contributed by atoms with E-state index in [4.69, 9.17) is 0 Å². The molecule has 1 aromatic rings. The average Bonchev–Trinajstić information content (AvgIpc) is 2.14. The summed E-state index contributed by atoms with van der Waals surface area (Å²) in [6.07, 6.45) is 1.15. The SMILES string of the molecule is COC(=O)c1cccc(CS(C)(=O)=O)c1. The molecule has 0 aliphatic heterocycles. The van der Waals surface area contributed by atoms with Gasteiger partial charge in [0.25, 0.3) is 0 Å². The molecule has 0 fully saturated rings. The number of esters is 1. The van der Waals surface area contributed by atoms with Crippen molar-refractivity contribution in [1.29, 1.82) is 0 Å². The molecule has 0 aromatic heterocycles. The summed E-state index contributed by atoms with van der Waals surface area (Å²) in [6, 6.07) is 6.39. The number of ether oxygens (including phenoxy) is 1. The normalized spacial score (nSPS) is 11.1. The Kier molecular flexibility index (Phi) is 3.47. The van der Waals surface area contributed by atoms with Gasteiger partial charge in [-0.25, -0.2) is 13.2 Å². The highest BCUT2D eigenvalue weighted by atomic mass is 32.2. The summed E-state index contributed by atoms with van der Waals surface area (Å²) in [7, 11) is -1.80. The highest BCUT2D eigenvalue weighted by Crippen LogP contribution is 2.09. The van der Waals surface area contributed by atoms with E-state index < -0.39 is 15.8 Å². The molecular weight excluding hydrogens is 216 g/mol. The minimum Gasteiger partial charge on any atom is -0.465 e. The largest absolute Gasteiger partial charge is 0.465 e. The van der Waals surface area contributed by atoms with Crippen molar-refractivity contribution in [3.8, 4) is 0 Å². The van der Waals surface area contributed by atoms with Gasteiger partial charge in [-0.2, -0.15) is 0 Å². The Bertz CT molecular complexity index is 462. The van der Waals surface area contributed by atoms with E-state index >= 15 is 0 Å². The summed E-state index contributed by atoms with van der Waals surface area (Å²) in [5.41, 5.74) is 0.944. The van der Waals surface area contributed by atoms with Gasteiger partial charge >= 0.3 is 5.97 Å². The van der Waals surface area contributed by atoms with Gasteiger partial charge in [-0.05, 0) is 17.7 Å². The smallest absolute Gasteiger partial charge is 0.337 e. The maximum Gasteiger partial charge on any atom is 0.337 e. The lowest BCUT2D eigenvalue weighted by Gasteiger charge is -2.02. The van der Waals surface area contributed by atoms with Crippen LogP contribution in [0.5, 0.6) is 0 Å². The van der Waals surface area contributed by atoms with Crippen molar-refractivity contribution in [3.63, 3.8) is 0 Å². The predicted molar refractivity (Wildman–Crippen MR) is 56.3 cm³/mol. The molecule has 0 spiro atoms. The van der Waals surface area contributed by atoms with Gasteiger partial charge in [-0.1, -0.05) is 12.1 Å². The minimum atomic E-state index is -3.08. The fraction of sp³-hybridized carbons (Fsp3) is 0.300. The van der Waals surface area contributed by atoms with Crippen LogP contribution in [0.25, 0.3) is 0 Å². The first-order chi connectivity index (χ1) is 6.92. The molecular formula is C10H12O4S. The van der Waals surface area contributed by atoms with Crippen LogP contribution in [0.15, 0.2) is 24.3 Å². The van der Waals surface area contributed by atoms with Crippen molar-refractivity contribution in [2.45, 2.75) is 5.75 Å². The summed E-state index contributed by atoms with van der Waals surface area (Å²) in [4.78, 5) is 11.2. The molecule has 1 rings (SSSR count). The maximum absolute atomic E-state index is 11.2. The van der Waals surface area contributed by atoms with E-state index in [1.807, 2.05) is 0 Å². The Morgan fingerprint density at radius 1 is 1.40 bits per heavy atom. The maximum atomic E-state index is 11.2. The minimum absolute atomic E-state index is 0.0716. The van der Waals surface area contributed by atoms with Crippen LogP contribution in [0.3, 0.4) is 0 Å². The van der Waals surface area contributed by atoms with Gasteiger partial charge in [-0.15, -0.1) is 0 Å². The van der Waals surface area contributed by atoms with Crippen molar-refractivity contribution >= 4 is 15.8 Å². The van der Waals surface area contributed by atoms with Crippen molar-refractivity contribution in [1.82, 2.24) is 0 Å². The number of hydrogen-bond donors (Lipinski definition) is 0. The van der Waals surface area contributed by atoms with Gasteiger partial charge in [0.2, 0.25) is 0 Å². The number of rotatable bonds is 3. The number of benzene rings is 1. The molecule has 82 valence electrons. The first-order valence-electron chi connectivity index (χ1n) is 4.27. The number of methoxy groups -OCH3 is 1. The number of carbonyl (C=O) groups excluding carboxylic acids is 1. The fourth-order valence-corrected chi connectivity index (χ4v) is 1.99. The van der Waals surface area contributed by atoms with E-state index in [1.54, 1.807) is 18.2 Å². The molecule has 0 amide bonds. The van der Waals surface area contributed by atoms with Crippen LogP contribution < -0.4 is 0 Å². The van der Waals surface area contributed by atoms with E-state index in [0.717, 1.165) is 6.26 Å². The zero-order valence-corrected chi connectivity index (χ0v) is 9.37. The third kappa shape index (κ3) is 3.71. The van der Waals surface area contributed by atoms with Crippen molar-refractivity contribution in [3.05, 3.63) is 35.4 Å². The quantitative estimate of drug-likeness (QED) is 0.725. The molecule has 0 radical (unpaired) electrons. The molecule has 4 nitrogen and oxygen atoms in total. The topological polar surface area (TPSA) is 60.4 Å². The highest BCUT2D eigenvalue weighted by molar-refractivity contribution is 7.89. The summed E-state index contributed by atoms with van der Waals surface area (Å²) in [5, 5.41) is 0. The number of carbonyl (C=O) groups is 1. The Labute approximate surface area is 88.8 Å². The van der Waals surface area contributed by atoms with E-state index in [0.29, 0.717) is 11.1 Å². The molecule has 0 saturated carbocycles. The van der Waals surface area contributed by atoms with Gasteiger partial charge in [0, 0.05) is 6.26 Å². The summed E-state index contributed by atoms with van der Waals surface area (Å²) < 4.78 is 26.6. The second-order valence-electron chi connectivity index (χ2n) is 3.26. The molecule has 0 aliphatic carbocycles. The molecule has 0 saturated heterocycles. The summed E-state index contributed by atoms with van der Waals surface area (Å²) in [5.74, 6) is -0.539. The second-order valence-corrected chi connectivity index (χ2v) is 5.40. The lowest BCUT2D eigenvalue weighted by molar-refractivity contribution is 0.0600. The Balaban J connectivity index is 2.98. The van der Waals surface area contributed by atoms with E-state index in [9.17, 15) is 13.2 Å². The van der Waals surface area contributed by atoms with Crippen LogP contribution in [0.4, 0.5) is 0 Å². The highest BCUT2D eigenvalue weighted by Gasteiger charge is 2.08. The van der Waals surface area contributed by atoms with Crippen LogP contribution >= 0.6 is 0 Å². The Morgan fingerprint density at radius 2 is 2.07 bits per heavy atom. The molecule has 0 unspecified atom stereocenters. The van der Waals surface area contributed by atoms with Gasteiger partial charge in [0.1, 0.15) is 0 Å². The monoisotopic (exact) mass is 228 g/mol. The van der Waals surface area contributed by atoms with Gasteiger partial charge < -0.3 is 4.74 Å². The van der Waals surface area contributed by atoms with E-state index in [1.165, 1.54) is 13.2 Å². The van der Waals surface area contributed by atoms with Crippen LogP contribution in [0, 0.1) is 0 Å². The molecule has 0 bridgehead atoms. The van der Waals surface area contributed by atoms with Crippen LogP contribution in [0.1, 0.15) is 15.9 Å². The molecule has 15 heavy (non-hydrogen) atoms. The third-order valence-corrected chi connectivity index (χ3v) is 2.63. The molecule has 0 aliphatic rings. The lowest BCUT2D eigenvalue weighted by Crippen LogP contribution is -2.04. The average molecular weight is 228 g/mol. The first-order valence-corrected chi connectivity index (χ1v) is 6.33. The first kappa shape index (κ1) is 11.7. The predicted octanol–water partition coefficient (Wildman–Crippen LogP) is 1.02. The zero-order valence-electron chi connectivity index (χ0n) is 8.56. The Morgan fingerprint density at radius 3 is 2.60 bits per heavy atom. The van der Waals surface area contributed by atoms with Gasteiger partial charge in [-0.3, -0.25) is 0 Å². The van der Waals surface area contributed by atoms with Crippen molar-refractivity contribution in [2.75, 3.05) is 13.4 Å². The summed E-state index contributed by atoms with van der Waals surface area (Å²) in [6.45, 7) is 0. The zero-order chi connectivity index (χ0) is 11.5. The van der Waals surface area contributed by atoms with Crippen molar-refractivity contribution < 1.29 is 17.9 Å². The van der Waals surface area contributed by atoms with E-state index in [2.05, 4.69) is 4.74 Å². The van der Waals surface area contributed by atoms with Crippen LogP contribution in [-0.4, -0.2) is 27.8 Å². The van der Waals surface area contributed by atoms with Gasteiger partial charge in [0.05, 0.1) is 18.4 Å². The molecule has 1 aromatic carbocycles. The van der Waals surface area contributed by atoms with Crippen LogP contribution in [-0.2, 0) is 20.3 Å². The van der Waals surface area contributed by atoms with Crippen LogP contribution in [0.2, 0.25) is 0 Å². The molecule has 0 atom stereocenters. The lowest BCUT2D eigenvalue weighted by atomic mass is 10.1. The summed E-state index contributed by atoms with van der Waals surface area (Å²) >= 11 is 0. The number of hydrogen-bond acceptors (Lipinski definition) is 4. The third-order valence-electron chi connectivity index (χ3n) is 1.78. The molecule has 0 N–H and O–H groups in total. The van der Waals surface area contributed by atoms with Gasteiger partial charge in [0.15, 0.2) is 9.84 Å². The molecule has 5 heteroatoms. The fourth-order valence-electron chi connectivity index (χ4n) is 1.21. The molecule has 0 heterocycles. The van der Waals surface area contributed by atoms with Crippen molar-refractivity contribution in [2.24, 2.45) is 0 Å². The Hall–Kier alpha value is -1.36. The second kappa shape index (κ2) is 4.44. The number of sulfone groups is 1. The van der Waals surface area contributed by atoms with E-state index in [-0.39, 0.29) is 5.75 Å².